The number of oxazole rings is 1. The second-order valence-electron chi connectivity index (χ2n) is 8.16. The minimum Gasteiger partial charge on any atom is -0.436 e. The maximum atomic E-state index is 12.9. The van der Waals surface area contributed by atoms with Crippen molar-refractivity contribution in [1.29, 1.82) is 0 Å². The van der Waals surface area contributed by atoms with Crippen molar-refractivity contribution in [2.75, 3.05) is 5.32 Å². The van der Waals surface area contributed by atoms with E-state index in [0.717, 1.165) is 16.6 Å². The van der Waals surface area contributed by atoms with Crippen LogP contribution in [0.4, 0.5) is 5.69 Å². The minimum atomic E-state index is -0.696. The second-order valence-corrected chi connectivity index (χ2v) is 8.16. The lowest BCUT2D eigenvalue weighted by molar-refractivity contribution is 0.102. The monoisotopic (exact) mass is 462 g/mol. The van der Waals surface area contributed by atoms with Gasteiger partial charge < -0.3 is 14.2 Å². The number of fused-ring (bicyclic) bond motifs is 2. The molecule has 6 aromatic rings. The number of nitrogens with zero attached hydrogens (tertiary/aromatic N) is 2. The molecule has 8 heteroatoms. The Morgan fingerprint density at radius 1 is 0.943 bits per heavy atom. The topological polar surface area (TPSA) is 114 Å². The molecule has 0 aliphatic carbocycles. The molecule has 0 aliphatic rings. The largest absolute Gasteiger partial charge is 0.436 e. The molecule has 3 aromatic heterocycles. The van der Waals surface area contributed by atoms with Crippen LogP contribution in [0.5, 0.6) is 0 Å². The van der Waals surface area contributed by atoms with Gasteiger partial charge in [-0.3, -0.25) is 9.89 Å². The van der Waals surface area contributed by atoms with Gasteiger partial charge in [-0.1, -0.05) is 36.4 Å². The zero-order valence-electron chi connectivity index (χ0n) is 18.5. The highest BCUT2D eigenvalue weighted by Gasteiger charge is 2.18. The van der Waals surface area contributed by atoms with Gasteiger partial charge >= 0.3 is 5.63 Å². The number of rotatable bonds is 4. The van der Waals surface area contributed by atoms with Crippen molar-refractivity contribution < 1.29 is 13.6 Å². The number of para-hydroxylation sites is 1. The van der Waals surface area contributed by atoms with Crippen molar-refractivity contribution in [2.45, 2.75) is 6.92 Å². The van der Waals surface area contributed by atoms with Crippen molar-refractivity contribution in [1.82, 2.24) is 15.2 Å². The van der Waals surface area contributed by atoms with Gasteiger partial charge in [0.1, 0.15) is 22.4 Å². The van der Waals surface area contributed by atoms with E-state index in [9.17, 15) is 9.59 Å². The Hall–Kier alpha value is -4.98. The Labute approximate surface area is 198 Å². The van der Waals surface area contributed by atoms with Crippen LogP contribution in [0.25, 0.3) is 44.8 Å². The summed E-state index contributed by atoms with van der Waals surface area (Å²) < 4.78 is 11.2. The first-order chi connectivity index (χ1) is 17.0. The molecule has 0 bridgehead atoms. The fraction of sp³-hybridized carbons (Fsp3) is 0.0370. The number of amides is 1. The second kappa shape index (κ2) is 8.11. The van der Waals surface area contributed by atoms with Gasteiger partial charge in [-0.2, -0.15) is 5.10 Å². The summed E-state index contributed by atoms with van der Waals surface area (Å²) in [5.74, 6) is -0.115. The van der Waals surface area contributed by atoms with Crippen LogP contribution in [0.3, 0.4) is 0 Å². The van der Waals surface area contributed by atoms with Crippen LogP contribution in [-0.4, -0.2) is 21.1 Å². The number of aromatic nitrogens is 3. The Bertz CT molecular complexity index is 1790. The van der Waals surface area contributed by atoms with Crippen molar-refractivity contribution >= 4 is 33.7 Å². The Morgan fingerprint density at radius 2 is 1.83 bits per heavy atom. The summed E-state index contributed by atoms with van der Waals surface area (Å²) in [5, 5.41) is 10.7. The third-order valence-corrected chi connectivity index (χ3v) is 5.69. The molecule has 1 amide bonds. The van der Waals surface area contributed by atoms with Crippen LogP contribution in [0.1, 0.15) is 15.9 Å². The van der Waals surface area contributed by atoms with Gasteiger partial charge in [0.15, 0.2) is 5.58 Å². The summed E-state index contributed by atoms with van der Waals surface area (Å²) in [7, 11) is 0. The van der Waals surface area contributed by atoms with E-state index in [4.69, 9.17) is 8.83 Å². The number of H-pyrrole nitrogens is 1. The quantitative estimate of drug-likeness (QED) is 0.332. The lowest BCUT2D eigenvalue weighted by Gasteiger charge is -2.07. The average Bonchev–Trinajstić information content (AvgIpc) is 3.50. The number of carbonyl (C=O) groups excluding carboxylic acids is 1. The molecule has 0 atom stereocenters. The predicted molar refractivity (Wildman–Crippen MR) is 132 cm³/mol. The fourth-order valence-electron chi connectivity index (χ4n) is 3.99. The van der Waals surface area contributed by atoms with E-state index in [-0.39, 0.29) is 5.56 Å². The molecule has 3 aromatic carbocycles. The van der Waals surface area contributed by atoms with Crippen LogP contribution in [0.15, 0.2) is 92.6 Å². The first-order valence-electron chi connectivity index (χ1n) is 10.9. The Morgan fingerprint density at radius 3 is 2.74 bits per heavy atom. The molecule has 170 valence electrons. The third kappa shape index (κ3) is 3.76. The first kappa shape index (κ1) is 20.6. The molecule has 2 N–H and O–H groups in total. The summed E-state index contributed by atoms with van der Waals surface area (Å²) in [5.41, 5.74) is 4.76. The first-order valence-corrected chi connectivity index (χ1v) is 10.9. The van der Waals surface area contributed by atoms with E-state index < -0.39 is 11.5 Å². The highest BCUT2D eigenvalue weighted by atomic mass is 16.4. The molecule has 0 spiro atoms. The molecule has 6 rings (SSSR count). The number of aryl methyl sites for hydroxylation is 1. The van der Waals surface area contributed by atoms with Gasteiger partial charge in [-0.15, -0.1) is 0 Å². The molecule has 0 unspecified atom stereocenters. The molecule has 8 nitrogen and oxygen atoms in total. The third-order valence-electron chi connectivity index (χ3n) is 5.69. The van der Waals surface area contributed by atoms with Crippen LogP contribution in [0, 0.1) is 6.92 Å². The van der Waals surface area contributed by atoms with Crippen LogP contribution < -0.4 is 10.9 Å². The molecule has 0 radical (unpaired) electrons. The van der Waals surface area contributed by atoms with Gasteiger partial charge in [0.2, 0.25) is 5.89 Å². The van der Waals surface area contributed by atoms with Crippen molar-refractivity contribution in [2.24, 2.45) is 0 Å². The molecular formula is C27H18N4O4. The van der Waals surface area contributed by atoms with E-state index in [0.29, 0.717) is 39.4 Å². The van der Waals surface area contributed by atoms with E-state index in [2.05, 4.69) is 20.5 Å². The molecule has 35 heavy (non-hydrogen) atoms. The van der Waals surface area contributed by atoms with Crippen LogP contribution in [0.2, 0.25) is 0 Å². The number of benzene rings is 3. The van der Waals surface area contributed by atoms with Crippen molar-refractivity contribution in [3.63, 3.8) is 0 Å². The average molecular weight is 462 g/mol. The lowest BCUT2D eigenvalue weighted by atomic mass is 10.1. The normalized spacial score (nSPS) is 11.2. The summed E-state index contributed by atoms with van der Waals surface area (Å²) in [6, 6.07) is 21.6. The van der Waals surface area contributed by atoms with Gasteiger partial charge in [-0.05, 0) is 48.9 Å². The van der Waals surface area contributed by atoms with Gasteiger partial charge in [0.05, 0.1) is 5.56 Å². The highest BCUT2D eigenvalue weighted by Crippen LogP contribution is 2.33. The molecule has 0 fully saturated rings. The van der Waals surface area contributed by atoms with E-state index in [1.54, 1.807) is 42.6 Å². The standard InChI is InChI=1S/C27H18N4O4/c1-15-9-10-23-21(11-15)30-26(34-23)20-14-28-31-24(20)17-6-4-7-18(12-17)29-25(32)19-13-16-5-2-3-8-22(16)35-27(19)33/h2-14H,1H3,(H,28,31)(H,29,32). The summed E-state index contributed by atoms with van der Waals surface area (Å²) in [6.45, 7) is 2.00. The number of carbonyl (C=O) groups is 1. The number of anilines is 1. The zero-order chi connectivity index (χ0) is 23.9. The maximum Gasteiger partial charge on any atom is 0.349 e. The number of nitrogens with one attached hydrogen (secondary N) is 2. The minimum absolute atomic E-state index is 0.0728. The Balaban J connectivity index is 1.32. The number of hydrogen-bond donors (Lipinski definition) is 2. The van der Waals surface area contributed by atoms with Crippen LogP contribution in [-0.2, 0) is 0 Å². The fourth-order valence-corrected chi connectivity index (χ4v) is 3.99. The number of aromatic amines is 1. The highest BCUT2D eigenvalue weighted by molar-refractivity contribution is 6.05. The molecule has 3 heterocycles. The SMILES string of the molecule is Cc1ccc2oc(-c3c[nH]nc3-c3cccc(NC(=O)c4cc5ccccc5oc4=O)c3)nc2c1. The molecule has 0 saturated heterocycles. The molecular weight excluding hydrogens is 444 g/mol. The summed E-state index contributed by atoms with van der Waals surface area (Å²) in [6.07, 6.45) is 1.72. The number of hydrogen-bond acceptors (Lipinski definition) is 6. The van der Waals surface area contributed by atoms with Gasteiger partial charge in [0.25, 0.3) is 5.91 Å². The smallest absolute Gasteiger partial charge is 0.349 e. The Kier molecular flexibility index (Phi) is 4.77. The molecule has 0 saturated carbocycles. The zero-order valence-corrected chi connectivity index (χ0v) is 18.5. The van der Waals surface area contributed by atoms with Crippen LogP contribution >= 0.6 is 0 Å². The van der Waals surface area contributed by atoms with E-state index >= 15 is 0 Å². The lowest BCUT2D eigenvalue weighted by Crippen LogP contribution is -2.20. The van der Waals surface area contributed by atoms with Gasteiger partial charge in [-0.25, -0.2) is 9.78 Å². The van der Waals surface area contributed by atoms with E-state index in [1.165, 1.54) is 6.07 Å². The predicted octanol–water partition coefficient (Wildman–Crippen LogP) is 5.55. The van der Waals surface area contributed by atoms with Gasteiger partial charge in [0, 0.05) is 22.8 Å². The maximum absolute atomic E-state index is 12.9. The van der Waals surface area contributed by atoms with Crippen molar-refractivity contribution in [3.8, 4) is 22.7 Å². The molecule has 0 aliphatic heterocycles. The van der Waals surface area contributed by atoms with Crippen molar-refractivity contribution in [3.05, 3.63) is 101 Å². The summed E-state index contributed by atoms with van der Waals surface area (Å²) in [4.78, 5) is 29.8. The van der Waals surface area contributed by atoms with E-state index in [1.807, 2.05) is 37.3 Å². The summed E-state index contributed by atoms with van der Waals surface area (Å²) >= 11 is 0.